The van der Waals surface area contributed by atoms with Gasteiger partial charge in [0.15, 0.2) is 0 Å². The highest BCUT2D eigenvalue weighted by molar-refractivity contribution is 8.03. The molecule has 0 saturated carbocycles. The molecule has 5 rings (SSSR count). The summed E-state index contributed by atoms with van der Waals surface area (Å²) in [5, 5.41) is 2.47. The SMILES string of the molecule is CC[C@H]1CC2=C(C3=N/C(=C\C(C)F)C=C3)[C@H](c3ccc(F)cc3Cl)N=C(C3SC=CN3C)N2C1. The van der Waals surface area contributed by atoms with Crippen molar-refractivity contribution in [2.24, 2.45) is 15.9 Å². The summed E-state index contributed by atoms with van der Waals surface area (Å²) >= 11 is 8.30. The van der Waals surface area contributed by atoms with Crippen molar-refractivity contribution in [2.45, 2.75) is 44.3 Å². The van der Waals surface area contributed by atoms with Crippen LogP contribution in [0.1, 0.15) is 38.3 Å². The Morgan fingerprint density at radius 2 is 2.15 bits per heavy atom. The summed E-state index contributed by atoms with van der Waals surface area (Å²) in [5.74, 6) is 1.09. The van der Waals surface area contributed by atoms with Crippen LogP contribution in [-0.4, -0.2) is 46.5 Å². The van der Waals surface area contributed by atoms with E-state index in [1.165, 1.54) is 30.8 Å². The second kappa shape index (κ2) is 9.34. The van der Waals surface area contributed by atoms with Crippen LogP contribution in [0, 0.1) is 11.7 Å². The smallest absolute Gasteiger partial charge is 0.138 e. The number of nitrogens with zero attached hydrogens (tertiary/aromatic N) is 4. The number of hydrogen-bond donors (Lipinski definition) is 0. The first-order valence-electron chi connectivity index (χ1n) is 11.6. The van der Waals surface area contributed by atoms with Crippen molar-refractivity contribution in [1.29, 1.82) is 0 Å². The minimum Gasteiger partial charge on any atom is -0.361 e. The third-order valence-electron chi connectivity index (χ3n) is 6.64. The maximum atomic E-state index is 13.9. The number of likely N-dealkylation sites (N-methyl/N-ethyl adjacent to an activating group) is 1. The molecule has 0 radical (unpaired) electrons. The molecule has 4 nitrogen and oxygen atoms in total. The summed E-state index contributed by atoms with van der Waals surface area (Å²) < 4.78 is 27.6. The van der Waals surface area contributed by atoms with Gasteiger partial charge in [0.2, 0.25) is 0 Å². The quantitative estimate of drug-likeness (QED) is 0.453. The molecule has 1 aromatic carbocycles. The molecule has 8 heteroatoms. The van der Waals surface area contributed by atoms with E-state index in [1.807, 2.05) is 12.2 Å². The summed E-state index contributed by atoms with van der Waals surface area (Å²) in [6.07, 6.45) is 8.20. The third-order valence-corrected chi connectivity index (χ3v) is 8.04. The predicted molar refractivity (Wildman–Crippen MR) is 137 cm³/mol. The van der Waals surface area contributed by atoms with Crippen molar-refractivity contribution in [1.82, 2.24) is 9.80 Å². The summed E-state index contributed by atoms with van der Waals surface area (Å²) in [6.45, 7) is 4.59. The van der Waals surface area contributed by atoms with Crippen LogP contribution >= 0.6 is 23.4 Å². The molecule has 178 valence electrons. The summed E-state index contributed by atoms with van der Waals surface area (Å²) in [4.78, 5) is 14.5. The average Bonchev–Trinajstić information content (AvgIpc) is 3.52. The number of rotatable bonds is 5. The standard InChI is InChI=1S/C26H27ClF2N4S/c1-4-16-12-22-23(21-8-6-18(30-21)11-15(2)28)24(19-7-5-17(29)13-20(19)27)31-25(33(22)14-16)26-32(3)9-10-34-26/h5-11,13,15-16,24,26H,4,12,14H2,1-3H3/b18-11-/t15?,16-,24-,26?/m0/s1. The predicted octanol–water partition coefficient (Wildman–Crippen LogP) is 6.65. The number of fused-ring (bicyclic) bond motifs is 1. The number of amidine groups is 1. The fourth-order valence-electron chi connectivity index (χ4n) is 4.91. The first-order valence-corrected chi connectivity index (χ1v) is 12.9. The highest BCUT2D eigenvalue weighted by Crippen LogP contribution is 2.46. The molecular formula is C26H27ClF2N4S. The molecule has 0 N–H and O–H groups in total. The van der Waals surface area contributed by atoms with Gasteiger partial charge in [0, 0.05) is 41.6 Å². The fourth-order valence-corrected chi connectivity index (χ4v) is 6.17. The Labute approximate surface area is 208 Å². The van der Waals surface area contributed by atoms with E-state index in [0.717, 1.165) is 42.1 Å². The van der Waals surface area contributed by atoms with Crippen molar-refractivity contribution in [2.75, 3.05) is 13.6 Å². The zero-order chi connectivity index (χ0) is 24.0. The number of hydrogen-bond acceptors (Lipinski definition) is 5. The molecular weight excluding hydrogens is 474 g/mol. The minimum atomic E-state index is -1.09. The van der Waals surface area contributed by atoms with E-state index in [-0.39, 0.29) is 11.2 Å². The largest absolute Gasteiger partial charge is 0.361 e. The molecule has 4 heterocycles. The average molecular weight is 501 g/mol. The molecule has 0 spiro atoms. The van der Waals surface area contributed by atoms with E-state index in [0.29, 0.717) is 16.6 Å². The molecule has 2 unspecified atom stereocenters. The van der Waals surface area contributed by atoms with Crippen molar-refractivity contribution in [3.8, 4) is 0 Å². The number of alkyl halides is 1. The fraction of sp³-hybridized carbons (Fsp3) is 0.385. The lowest BCUT2D eigenvalue weighted by Gasteiger charge is -2.37. The van der Waals surface area contributed by atoms with E-state index in [2.05, 4.69) is 35.4 Å². The minimum absolute atomic E-state index is 0.0535. The van der Waals surface area contributed by atoms with E-state index in [9.17, 15) is 8.78 Å². The molecule has 4 atom stereocenters. The number of aliphatic imine (C=N–C) groups is 2. The number of thioether (sulfide) groups is 1. The Morgan fingerprint density at radius 3 is 2.82 bits per heavy atom. The van der Waals surface area contributed by atoms with Gasteiger partial charge in [0.05, 0.1) is 11.4 Å². The topological polar surface area (TPSA) is 31.2 Å². The molecule has 34 heavy (non-hydrogen) atoms. The highest BCUT2D eigenvalue weighted by atomic mass is 35.5. The van der Waals surface area contributed by atoms with Crippen molar-refractivity contribution >= 4 is 34.9 Å². The van der Waals surface area contributed by atoms with Crippen molar-refractivity contribution in [3.63, 3.8) is 0 Å². The number of benzene rings is 1. The second-order valence-corrected chi connectivity index (χ2v) is 10.4. The van der Waals surface area contributed by atoms with Gasteiger partial charge in [-0.15, -0.1) is 0 Å². The first kappa shape index (κ1) is 23.4. The monoisotopic (exact) mass is 500 g/mol. The van der Waals surface area contributed by atoms with Crippen LogP contribution < -0.4 is 0 Å². The van der Waals surface area contributed by atoms with Gasteiger partial charge in [-0.2, -0.15) is 0 Å². The second-order valence-electron chi connectivity index (χ2n) is 9.04. The molecule has 1 fully saturated rings. The Hall–Kier alpha value is -2.38. The lowest BCUT2D eigenvalue weighted by atomic mass is 9.90. The van der Waals surface area contributed by atoms with Gasteiger partial charge in [-0.05, 0) is 55.0 Å². The zero-order valence-electron chi connectivity index (χ0n) is 19.4. The molecule has 1 aromatic rings. The molecule has 0 aliphatic carbocycles. The van der Waals surface area contributed by atoms with Gasteiger partial charge in [-0.3, -0.25) is 4.99 Å². The van der Waals surface area contributed by atoms with Crippen LogP contribution in [0.4, 0.5) is 8.78 Å². The van der Waals surface area contributed by atoms with E-state index < -0.39 is 12.2 Å². The van der Waals surface area contributed by atoms with Crippen LogP contribution in [0.5, 0.6) is 0 Å². The van der Waals surface area contributed by atoms with Gasteiger partial charge in [0.25, 0.3) is 0 Å². The van der Waals surface area contributed by atoms with Crippen LogP contribution in [0.2, 0.25) is 5.02 Å². The van der Waals surface area contributed by atoms with E-state index >= 15 is 0 Å². The zero-order valence-corrected chi connectivity index (χ0v) is 21.0. The lowest BCUT2D eigenvalue weighted by molar-refractivity contribution is 0.429. The van der Waals surface area contributed by atoms with Gasteiger partial charge in [-0.1, -0.05) is 42.8 Å². The van der Waals surface area contributed by atoms with Crippen LogP contribution in [-0.2, 0) is 0 Å². The van der Waals surface area contributed by atoms with Crippen LogP contribution in [0.15, 0.2) is 75.0 Å². The summed E-state index contributed by atoms with van der Waals surface area (Å²) in [7, 11) is 2.05. The molecule has 4 aliphatic rings. The number of allylic oxidation sites excluding steroid dienone is 4. The summed E-state index contributed by atoms with van der Waals surface area (Å²) in [6, 6.07) is 4.06. The first-order chi connectivity index (χ1) is 16.4. The van der Waals surface area contributed by atoms with E-state index in [1.54, 1.807) is 17.8 Å². The third kappa shape index (κ3) is 4.24. The molecule has 0 bridgehead atoms. The van der Waals surface area contributed by atoms with Crippen molar-refractivity contribution in [3.05, 3.63) is 81.4 Å². The normalized spacial score (nSPS) is 28.2. The van der Waals surface area contributed by atoms with Gasteiger partial charge >= 0.3 is 0 Å². The Kier molecular flexibility index (Phi) is 6.42. The van der Waals surface area contributed by atoms with Crippen LogP contribution in [0.3, 0.4) is 0 Å². The van der Waals surface area contributed by atoms with Crippen molar-refractivity contribution < 1.29 is 8.78 Å². The molecule has 4 aliphatic heterocycles. The highest BCUT2D eigenvalue weighted by Gasteiger charge is 2.42. The molecule has 0 amide bonds. The Morgan fingerprint density at radius 1 is 1.32 bits per heavy atom. The Balaban J connectivity index is 1.68. The van der Waals surface area contributed by atoms with E-state index in [4.69, 9.17) is 21.6 Å². The van der Waals surface area contributed by atoms with Gasteiger partial charge in [0.1, 0.15) is 29.2 Å². The lowest BCUT2D eigenvalue weighted by Crippen LogP contribution is -2.44. The summed E-state index contributed by atoms with van der Waals surface area (Å²) in [5.41, 5.74) is 4.26. The van der Waals surface area contributed by atoms with Gasteiger partial charge in [-0.25, -0.2) is 13.8 Å². The maximum Gasteiger partial charge on any atom is 0.138 e. The molecule has 0 aromatic heterocycles. The van der Waals surface area contributed by atoms with Gasteiger partial charge < -0.3 is 9.80 Å². The Bertz CT molecular complexity index is 1180. The molecule has 1 saturated heterocycles. The number of halogens is 3. The maximum absolute atomic E-state index is 13.9. The van der Waals surface area contributed by atoms with Crippen LogP contribution in [0.25, 0.3) is 0 Å².